The van der Waals surface area contributed by atoms with Gasteiger partial charge in [-0.15, -0.1) is 0 Å². The van der Waals surface area contributed by atoms with Crippen LogP contribution in [-0.4, -0.2) is 14.4 Å². The first kappa shape index (κ1) is 22.1. The number of hydrogen-bond donors (Lipinski definition) is 0. The minimum Gasteiger partial charge on any atom is -0.287 e. The molecule has 32 heavy (non-hydrogen) atoms. The predicted molar refractivity (Wildman–Crippen MR) is 111 cm³/mol. The van der Waals surface area contributed by atoms with Crippen LogP contribution in [-0.2, 0) is 22.7 Å². The van der Waals surface area contributed by atoms with Gasteiger partial charge in [-0.3, -0.25) is 4.90 Å². The summed E-state index contributed by atoms with van der Waals surface area (Å²) < 4.78 is 80.2. The first-order valence-electron chi connectivity index (χ1n) is 9.07. The van der Waals surface area contributed by atoms with Gasteiger partial charge in [-0.25, -0.2) is 17.6 Å². The molecule has 1 aliphatic rings. The number of carbonyl (C=O) groups is 1. The van der Waals surface area contributed by atoms with Gasteiger partial charge >= 0.3 is 12.2 Å². The minimum absolute atomic E-state index is 0.0196. The summed E-state index contributed by atoms with van der Waals surface area (Å²) in [6.45, 7) is -0.507. The lowest BCUT2D eigenvalue weighted by molar-refractivity contribution is -0.137. The van der Waals surface area contributed by atoms with Gasteiger partial charge in [-0.1, -0.05) is 35.9 Å². The van der Waals surface area contributed by atoms with Crippen LogP contribution in [0.4, 0.5) is 33.7 Å². The van der Waals surface area contributed by atoms with Gasteiger partial charge in [0.15, 0.2) is 0 Å². The van der Waals surface area contributed by atoms with Gasteiger partial charge in [-0.05, 0) is 48.0 Å². The standard InChI is InChI=1S/C21H13ClF4N2O3S/c22-16-5-1-2-6-17(16)28-20(29)27(18-7-3-4-8-19(18)32(28,30)31)12-13-9-14(21(24,25)26)11-15(23)10-13/h1-11H,12H2. The van der Waals surface area contributed by atoms with Gasteiger partial charge in [0.05, 0.1) is 28.5 Å². The van der Waals surface area contributed by atoms with Gasteiger partial charge in [0.1, 0.15) is 10.7 Å². The van der Waals surface area contributed by atoms with E-state index in [2.05, 4.69) is 0 Å². The van der Waals surface area contributed by atoms with Crippen molar-refractivity contribution in [3.05, 3.63) is 88.7 Å². The third kappa shape index (κ3) is 3.80. The summed E-state index contributed by atoms with van der Waals surface area (Å²) in [6.07, 6.45) is -4.80. The van der Waals surface area contributed by atoms with E-state index in [1.807, 2.05) is 0 Å². The number of sulfonamides is 1. The molecular weight excluding hydrogens is 472 g/mol. The largest absolute Gasteiger partial charge is 0.416 e. The summed E-state index contributed by atoms with van der Waals surface area (Å²) >= 11 is 6.13. The monoisotopic (exact) mass is 484 g/mol. The zero-order valence-corrected chi connectivity index (χ0v) is 17.5. The molecule has 0 fully saturated rings. The number of nitrogens with zero attached hydrogens (tertiary/aromatic N) is 2. The Hall–Kier alpha value is -3.11. The number of alkyl halides is 3. The number of fused-ring (bicyclic) bond motifs is 1. The van der Waals surface area contributed by atoms with Crippen LogP contribution in [0.15, 0.2) is 71.6 Å². The number of rotatable bonds is 3. The lowest BCUT2D eigenvalue weighted by atomic mass is 10.1. The molecule has 166 valence electrons. The molecule has 11 heteroatoms. The van der Waals surface area contributed by atoms with E-state index in [0.717, 1.165) is 11.0 Å². The van der Waals surface area contributed by atoms with Crippen LogP contribution in [0.5, 0.6) is 0 Å². The Balaban J connectivity index is 1.87. The SMILES string of the molecule is O=C1N(Cc2cc(F)cc(C(F)(F)F)c2)c2ccccc2S(=O)(=O)N1c1ccccc1Cl. The van der Waals surface area contributed by atoms with Gasteiger partial charge < -0.3 is 0 Å². The summed E-state index contributed by atoms with van der Waals surface area (Å²) in [5, 5.41) is -0.0196. The van der Waals surface area contributed by atoms with Crippen molar-refractivity contribution < 1.29 is 30.8 Å². The quantitative estimate of drug-likeness (QED) is 0.439. The number of benzene rings is 3. The third-order valence-corrected chi connectivity index (χ3v) is 6.83. The molecule has 5 nitrogen and oxygen atoms in total. The molecule has 0 radical (unpaired) electrons. The first-order chi connectivity index (χ1) is 15.0. The minimum atomic E-state index is -4.80. The predicted octanol–water partition coefficient (Wildman–Crippen LogP) is 5.83. The van der Waals surface area contributed by atoms with Crippen molar-refractivity contribution in [1.29, 1.82) is 0 Å². The highest BCUT2D eigenvalue weighted by molar-refractivity contribution is 7.94. The Labute approximate surface area is 185 Å². The van der Waals surface area contributed by atoms with E-state index in [1.54, 1.807) is 6.07 Å². The average Bonchev–Trinajstić information content (AvgIpc) is 2.71. The molecule has 0 N–H and O–H groups in total. The Morgan fingerprint density at radius 3 is 2.19 bits per heavy atom. The second kappa shape index (κ2) is 7.79. The summed E-state index contributed by atoms with van der Waals surface area (Å²) in [5.41, 5.74) is -1.55. The zero-order valence-electron chi connectivity index (χ0n) is 16.0. The van der Waals surface area contributed by atoms with E-state index < -0.39 is 40.2 Å². The molecule has 0 unspecified atom stereocenters. The highest BCUT2D eigenvalue weighted by Gasteiger charge is 2.43. The van der Waals surface area contributed by atoms with E-state index in [1.165, 1.54) is 42.5 Å². The molecule has 1 heterocycles. The fourth-order valence-electron chi connectivity index (χ4n) is 3.40. The second-order valence-corrected chi connectivity index (χ2v) is 9.07. The first-order valence-corrected chi connectivity index (χ1v) is 10.9. The summed E-state index contributed by atoms with van der Waals surface area (Å²) in [4.78, 5) is 14.0. The molecule has 0 atom stereocenters. The number of urea groups is 1. The Bertz CT molecular complexity index is 1330. The molecule has 0 aliphatic carbocycles. The van der Waals surface area contributed by atoms with Crippen molar-refractivity contribution >= 4 is 39.0 Å². The summed E-state index contributed by atoms with van der Waals surface area (Å²) in [7, 11) is -4.37. The van der Waals surface area contributed by atoms with Crippen LogP contribution < -0.4 is 9.21 Å². The van der Waals surface area contributed by atoms with E-state index in [9.17, 15) is 30.8 Å². The lowest BCUT2D eigenvalue weighted by Gasteiger charge is -2.36. The van der Waals surface area contributed by atoms with Crippen molar-refractivity contribution in [3.8, 4) is 0 Å². The lowest BCUT2D eigenvalue weighted by Crippen LogP contribution is -2.50. The van der Waals surface area contributed by atoms with Crippen LogP contribution >= 0.6 is 11.6 Å². The number of anilines is 2. The van der Waals surface area contributed by atoms with Gasteiger partial charge in [0, 0.05) is 0 Å². The average molecular weight is 485 g/mol. The van der Waals surface area contributed by atoms with Gasteiger partial charge in [0.2, 0.25) is 0 Å². The van der Waals surface area contributed by atoms with Crippen LogP contribution in [0.3, 0.4) is 0 Å². The highest BCUT2D eigenvalue weighted by atomic mass is 35.5. The summed E-state index contributed by atoms with van der Waals surface area (Å²) in [6, 6.07) is 12.1. The Kier molecular flexibility index (Phi) is 5.38. The Morgan fingerprint density at radius 1 is 0.906 bits per heavy atom. The van der Waals surface area contributed by atoms with Gasteiger partial charge in [0.25, 0.3) is 10.0 Å². The number of hydrogen-bond acceptors (Lipinski definition) is 3. The fraction of sp³-hybridized carbons (Fsp3) is 0.0952. The maximum atomic E-state index is 13.9. The second-order valence-electron chi connectivity index (χ2n) is 6.90. The molecule has 0 bridgehead atoms. The smallest absolute Gasteiger partial charge is 0.287 e. The van der Waals surface area contributed by atoms with E-state index >= 15 is 0 Å². The van der Waals surface area contributed by atoms with E-state index in [4.69, 9.17) is 11.6 Å². The number of carbonyl (C=O) groups excluding carboxylic acids is 1. The normalized spacial score (nSPS) is 15.6. The van der Waals surface area contributed by atoms with Crippen molar-refractivity contribution in [2.24, 2.45) is 0 Å². The topological polar surface area (TPSA) is 57.7 Å². The van der Waals surface area contributed by atoms with E-state index in [0.29, 0.717) is 16.4 Å². The zero-order chi connectivity index (χ0) is 23.3. The number of halogens is 5. The molecule has 1 aliphatic heterocycles. The Morgan fingerprint density at radius 2 is 1.53 bits per heavy atom. The van der Waals surface area contributed by atoms with Crippen LogP contribution in [0.2, 0.25) is 5.02 Å². The van der Waals surface area contributed by atoms with Crippen LogP contribution in [0, 0.1) is 5.82 Å². The molecule has 3 aromatic carbocycles. The highest BCUT2D eigenvalue weighted by Crippen LogP contribution is 2.40. The third-order valence-electron chi connectivity index (χ3n) is 4.78. The van der Waals surface area contributed by atoms with E-state index in [-0.39, 0.29) is 26.9 Å². The maximum Gasteiger partial charge on any atom is 0.416 e. The van der Waals surface area contributed by atoms with Crippen LogP contribution in [0.1, 0.15) is 11.1 Å². The molecular formula is C21H13ClF4N2O3S. The number of para-hydroxylation sites is 2. The maximum absolute atomic E-state index is 13.9. The molecule has 0 spiro atoms. The van der Waals surface area contributed by atoms with Crippen molar-refractivity contribution in [2.45, 2.75) is 17.6 Å². The van der Waals surface area contributed by atoms with Gasteiger partial charge in [-0.2, -0.15) is 17.5 Å². The molecule has 0 saturated carbocycles. The molecule has 3 aromatic rings. The molecule has 4 rings (SSSR count). The number of amides is 2. The van der Waals surface area contributed by atoms with Crippen molar-refractivity contribution in [2.75, 3.05) is 9.21 Å². The molecule has 0 saturated heterocycles. The fourth-order valence-corrected chi connectivity index (χ4v) is 5.28. The molecule has 0 aromatic heterocycles. The molecule has 2 amide bonds. The van der Waals surface area contributed by atoms with Crippen molar-refractivity contribution in [3.63, 3.8) is 0 Å². The van der Waals surface area contributed by atoms with Crippen LogP contribution in [0.25, 0.3) is 0 Å². The summed E-state index contributed by atoms with van der Waals surface area (Å²) in [5.74, 6) is -1.14. The van der Waals surface area contributed by atoms with Crippen molar-refractivity contribution in [1.82, 2.24) is 0 Å².